The zero-order valence-corrected chi connectivity index (χ0v) is 12.0. The number of nitrogens with zero attached hydrogens (tertiary/aromatic N) is 1. The average molecular weight is 296 g/mol. The normalized spacial score (nSPS) is 16.1. The van der Waals surface area contributed by atoms with Gasteiger partial charge in [-0.25, -0.2) is 0 Å². The first-order chi connectivity index (χ1) is 9.08. The number of rotatable bonds is 2. The maximum Gasteiger partial charge on any atom is 0.246 e. The van der Waals surface area contributed by atoms with Crippen molar-refractivity contribution in [2.45, 2.75) is 12.8 Å². The maximum absolute atomic E-state index is 12.0. The molecule has 0 radical (unpaired) electrons. The molecule has 0 spiro atoms. The second kappa shape index (κ2) is 6.27. The Labute approximate surface area is 123 Å². The van der Waals surface area contributed by atoms with E-state index in [4.69, 9.17) is 23.2 Å². The highest BCUT2D eigenvalue weighted by Crippen LogP contribution is 2.26. The summed E-state index contributed by atoms with van der Waals surface area (Å²) in [6.07, 6.45) is 5.03. The van der Waals surface area contributed by atoms with Gasteiger partial charge in [0.1, 0.15) is 0 Å². The SMILES string of the molecule is C=C1CCN(C(=O)/C=C/c2cccc(Cl)c2Cl)CC1. The Morgan fingerprint density at radius 3 is 2.63 bits per heavy atom. The largest absolute Gasteiger partial charge is 0.339 e. The summed E-state index contributed by atoms with van der Waals surface area (Å²) in [7, 11) is 0. The number of hydrogen-bond donors (Lipinski definition) is 0. The minimum absolute atomic E-state index is 0.00328. The van der Waals surface area contributed by atoms with Crippen LogP contribution in [0.3, 0.4) is 0 Å². The van der Waals surface area contributed by atoms with Crippen LogP contribution in [-0.2, 0) is 4.79 Å². The van der Waals surface area contributed by atoms with E-state index >= 15 is 0 Å². The number of hydrogen-bond acceptors (Lipinski definition) is 1. The second-order valence-electron chi connectivity index (χ2n) is 4.55. The van der Waals surface area contributed by atoms with Gasteiger partial charge in [0.15, 0.2) is 0 Å². The first-order valence-corrected chi connectivity index (χ1v) is 6.91. The smallest absolute Gasteiger partial charge is 0.246 e. The Morgan fingerprint density at radius 1 is 1.26 bits per heavy atom. The molecule has 0 bridgehead atoms. The van der Waals surface area contributed by atoms with Crippen molar-refractivity contribution in [2.75, 3.05) is 13.1 Å². The monoisotopic (exact) mass is 295 g/mol. The van der Waals surface area contributed by atoms with Gasteiger partial charge in [0.2, 0.25) is 5.91 Å². The van der Waals surface area contributed by atoms with Gasteiger partial charge in [-0.05, 0) is 30.5 Å². The molecule has 0 unspecified atom stereocenters. The summed E-state index contributed by atoms with van der Waals surface area (Å²) in [5.74, 6) is 0.00328. The summed E-state index contributed by atoms with van der Waals surface area (Å²) in [4.78, 5) is 13.8. The molecule has 2 rings (SSSR count). The molecule has 19 heavy (non-hydrogen) atoms. The molecule has 1 heterocycles. The summed E-state index contributed by atoms with van der Waals surface area (Å²) < 4.78 is 0. The molecule has 2 nitrogen and oxygen atoms in total. The zero-order chi connectivity index (χ0) is 13.8. The van der Waals surface area contributed by atoms with E-state index in [0.717, 1.165) is 31.5 Å². The predicted molar refractivity (Wildman–Crippen MR) is 80.5 cm³/mol. The molecule has 0 N–H and O–H groups in total. The van der Waals surface area contributed by atoms with Gasteiger partial charge in [-0.2, -0.15) is 0 Å². The molecule has 1 amide bonds. The summed E-state index contributed by atoms with van der Waals surface area (Å²) in [5.41, 5.74) is 1.97. The van der Waals surface area contributed by atoms with Gasteiger partial charge in [-0.1, -0.05) is 47.5 Å². The zero-order valence-electron chi connectivity index (χ0n) is 10.5. The van der Waals surface area contributed by atoms with Crippen LogP contribution in [0.25, 0.3) is 6.08 Å². The molecule has 0 aliphatic carbocycles. The van der Waals surface area contributed by atoms with Gasteiger partial charge in [-0.3, -0.25) is 4.79 Å². The van der Waals surface area contributed by atoms with Crippen molar-refractivity contribution >= 4 is 35.2 Å². The van der Waals surface area contributed by atoms with Crippen LogP contribution in [0, 0.1) is 0 Å². The van der Waals surface area contributed by atoms with Crippen LogP contribution in [0.5, 0.6) is 0 Å². The highest BCUT2D eigenvalue weighted by atomic mass is 35.5. The fraction of sp³-hybridized carbons (Fsp3) is 0.267. The van der Waals surface area contributed by atoms with E-state index in [0.29, 0.717) is 10.0 Å². The number of amides is 1. The maximum atomic E-state index is 12.0. The summed E-state index contributed by atoms with van der Waals surface area (Å²) in [6.45, 7) is 5.42. The first-order valence-electron chi connectivity index (χ1n) is 6.15. The molecule has 1 aromatic carbocycles. The third-order valence-corrected chi connectivity index (χ3v) is 4.00. The molecule has 1 saturated heterocycles. The third kappa shape index (κ3) is 3.62. The molecule has 1 aliphatic heterocycles. The van der Waals surface area contributed by atoms with Gasteiger partial charge in [0.05, 0.1) is 10.0 Å². The molecule has 1 aromatic rings. The van der Waals surface area contributed by atoms with E-state index in [-0.39, 0.29) is 5.91 Å². The van der Waals surface area contributed by atoms with E-state index in [1.807, 2.05) is 17.0 Å². The van der Waals surface area contributed by atoms with E-state index < -0.39 is 0 Å². The van der Waals surface area contributed by atoms with Crippen molar-refractivity contribution in [1.82, 2.24) is 4.90 Å². The molecular weight excluding hydrogens is 281 g/mol. The van der Waals surface area contributed by atoms with Crippen LogP contribution >= 0.6 is 23.2 Å². The van der Waals surface area contributed by atoms with Crippen molar-refractivity contribution in [3.05, 3.63) is 52.0 Å². The lowest BCUT2D eigenvalue weighted by atomic mass is 10.1. The predicted octanol–water partition coefficient (Wildman–Crippen LogP) is 4.19. The summed E-state index contributed by atoms with van der Waals surface area (Å²) in [6, 6.07) is 5.36. The average Bonchev–Trinajstić information content (AvgIpc) is 2.41. The molecule has 0 atom stereocenters. The molecule has 100 valence electrons. The Morgan fingerprint density at radius 2 is 1.95 bits per heavy atom. The van der Waals surface area contributed by atoms with Crippen molar-refractivity contribution in [2.24, 2.45) is 0 Å². The lowest BCUT2D eigenvalue weighted by Crippen LogP contribution is -2.34. The van der Waals surface area contributed by atoms with Gasteiger partial charge in [0.25, 0.3) is 0 Å². The van der Waals surface area contributed by atoms with Crippen molar-refractivity contribution < 1.29 is 4.79 Å². The number of piperidine rings is 1. The van der Waals surface area contributed by atoms with Gasteiger partial charge >= 0.3 is 0 Å². The number of carbonyl (C=O) groups excluding carboxylic acids is 1. The topological polar surface area (TPSA) is 20.3 Å². The van der Waals surface area contributed by atoms with E-state index in [2.05, 4.69) is 6.58 Å². The lowest BCUT2D eigenvalue weighted by molar-refractivity contribution is -0.126. The fourth-order valence-electron chi connectivity index (χ4n) is 1.96. The molecule has 0 aromatic heterocycles. The van der Waals surface area contributed by atoms with Gasteiger partial charge in [0, 0.05) is 19.2 Å². The van der Waals surface area contributed by atoms with Crippen LogP contribution < -0.4 is 0 Å². The van der Waals surface area contributed by atoms with Gasteiger partial charge in [-0.15, -0.1) is 0 Å². The Bertz CT molecular complexity index is 527. The van der Waals surface area contributed by atoms with E-state index in [1.165, 1.54) is 5.57 Å². The van der Waals surface area contributed by atoms with Crippen molar-refractivity contribution in [1.29, 1.82) is 0 Å². The highest BCUT2D eigenvalue weighted by Gasteiger charge is 2.15. The van der Waals surface area contributed by atoms with E-state index in [9.17, 15) is 4.79 Å². The summed E-state index contributed by atoms with van der Waals surface area (Å²) in [5, 5.41) is 0.964. The Balaban J connectivity index is 2.04. The molecule has 0 saturated carbocycles. The lowest BCUT2D eigenvalue weighted by Gasteiger charge is -2.26. The first kappa shape index (κ1) is 14.2. The summed E-state index contributed by atoms with van der Waals surface area (Å²) >= 11 is 12.0. The van der Waals surface area contributed by atoms with Crippen molar-refractivity contribution in [3.63, 3.8) is 0 Å². The quantitative estimate of drug-likeness (QED) is 0.592. The molecule has 1 aliphatic rings. The third-order valence-electron chi connectivity index (χ3n) is 3.17. The number of carbonyl (C=O) groups is 1. The second-order valence-corrected chi connectivity index (χ2v) is 5.34. The van der Waals surface area contributed by atoms with E-state index in [1.54, 1.807) is 18.2 Å². The minimum Gasteiger partial charge on any atom is -0.339 e. The van der Waals surface area contributed by atoms with Gasteiger partial charge < -0.3 is 4.90 Å². The van der Waals surface area contributed by atoms with Crippen LogP contribution in [-0.4, -0.2) is 23.9 Å². The van der Waals surface area contributed by atoms with Crippen LogP contribution in [0.2, 0.25) is 10.0 Å². The Hall–Kier alpha value is -1.25. The highest BCUT2D eigenvalue weighted by molar-refractivity contribution is 6.42. The Kier molecular flexibility index (Phi) is 4.67. The minimum atomic E-state index is 0.00328. The van der Waals surface area contributed by atoms with Crippen molar-refractivity contribution in [3.8, 4) is 0 Å². The van der Waals surface area contributed by atoms with Crippen LogP contribution in [0.1, 0.15) is 18.4 Å². The standard InChI is InChI=1S/C15H15Cl2NO/c1-11-7-9-18(10-8-11)14(19)6-5-12-3-2-4-13(16)15(12)17/h2-6H,1,7-10H2/b6-5+. The molecular formula is C15H15Cl2NO. The fourth-order valence-corrected chi connectivity index (χ4v) is 2.33. The number of likely N-dealkylation sites (tertiary alicyclic amines) is 1. The molecule has 4 heteroatoms. The van der Waals surface area contributed by atoms with Crippen LogP contribution in [0.15, 0.2) is 36.4 Å². The number of benzene rings is 1. The number of halogens is 2. The molecule has 1 fully saturated rings. The van der Waals surface area contributed by atoms with Crippen LogP contribution in [0.4, 0.5) is 0 Å².